The van der Waals surface area contributed by atoms with Crippen molar-refractivity contribution >= 4 is 22.6 Å². The Labute approximate surface area is 90.5 Å². The number of carbonyl (C=O) groups is 1. The van der Waals surface area contributed by atoms with Gasteiger partial charge in [-0.1, -0.05) is 0 Å². The second kappa shape index (κ2) is 4.48. The van der Waals surface area contributed by atoms with Gasteiger partial charge in [0, 0.05) is 10.9 Å². The number of H-pyrrole nitrogens is 1. The number of aromatic nitrogens is 1. The molecule has 0 aliphatic heterocycles. The molecular weight excluding hydrogens is 216 g/mol. The van der Waals surface area contributed by atoms with Crippen LogP contribution in [0.3, 0.4) is 0 Å². The largest absolute Gasteiger partial charge is 0.477 e. The summed E-state index contributed by atoms with van der Waals surface area (Å²) in [6.45, 7) is 5.34. The fraction of sp³-hybridized carbons (Fsp3) is 0.444. The van der Waals surface area contributed by atoms with Gasteiger partial charge < -0.3 is 14.8 Å². The molecule has 1 atom stereocenters. The summed E-state index contributed by atoms with van der Waals surface area (Å²) in [6, 6.07) is 1.63. The first kappa shape index (κ1) is 11.8. The van der Waals surface area contributed by atoms with E-state index in [9.17, 15) is 9.00 Å². The Morgan fingerprint density at radius 3 is 2.67 bits per heavy atom. The lowest BCUT2D eigenvalue weighted by Crippen LogP contribution is -2.16. The minimum Gasteiger partial charge on any atom is -0.477 e. The topological polar surface area (TPSA) is 82.2 Å². The lowest BCUT2D eigenvalue weighted by molar-refractivity contribution is 0.0692. The molecule has 1 aromatic rings. The summed E-state index contributed by atoms with van der Waals surface area (Å²) in [7, 11) is -1.27. The van der Waals surface area contributed by atoms with Crippen LogP contribution >= 0.6 is 0 Å². The first-order valence-electron chi connectivity index (χ1n) is 4.52. The van der Waals surface area contributed by atoms with Crippen molar-refractivity contribution in [2.24, 2.45) is 0 Å². The molecule has 0 spiro atoms. The number of nitrogens with one attached hydrogen (secondary N) is 2. The molecule has 0 saturated carbocycles. The standard InChI is InChI=1S/C9H14N2O3S/c1-5(2)15(14)11-7-4-6(3)10-8(7)9(12)13/h4-5,10-11H,1-3H3,(H,12,13). The zero-order valence-electron chi connectivity index (χ0n) is 8.83. The average Bonchev–Trinajstić information content (AvgIpc) is 2.46. The number of aromatic amines is 1. The molecule has 15 heavy (non-hydrogen) atoms. The van der Waals surface area contributed by atoms with Gasteiger partial charge in [-0.3, -0.25) is 0 Å². The van der Waals surface area contributed by atoms with Crippen LogP contribution in [0.25, 0.3) is 0 Å². The van der Waals surface area contributed by atoms with Crippen molar-refractivity contribution in [1.82, 2.24) is 4.98 Å². The fourth-order valence-corrected chi connectivity index (χ4v) is 1.68. The van der Waals surface area contributed by atoms with Gasteiger partial charge in [-0.05, 0) is 26.8 Å². The Hall–Kier alpha value is -1.30. The number of aryl methyl sites for hydroxylation is 1. The Balaban J connectivity index is 2.94. The summed E-state index contributed by atoms with van der Waals surface area (Å²) in [6.07, 6.45) is 0. The lowest BCUT2D eigenvalue weighted by Gasteiger charge is -2.07. The van der Waals surface area contributed by atoms with E-state index in [1.54, 1.807) is 26.8 Å². The highest BCUT2D eigenvalue weighted by Gasteiger charge is 2.15. The highest BCUT2D eigenvalue weighted by Crippen LogP contribution is 2.18. The highest BCUT2D eigenvalue weighted by molar-refractivity contribution is 7.86. The summed E-state index contributed by atoms with van der Waals surface area (Å²) in [5.41, 5.74) is 1.13. The summed E-state index contributed by atoms with van der Waals surface area (Å²) in [5.74, 6) is -1.06. The van der Waals surface area contributed by atoms with Gasteiger partial charge in [0.1, 0.15) is 16.7 Å². The van der Waals surface area contributed by atoms with Crippen molar-refractivity contribution in [3.8, 4) is 0 Å². The zero-order chi connectivity index (χ0) is 11.6. The molecule has 0 aliphatic carbocycles. The van der Waals surface area contributed by atoms with Crippen LogP contribution in [0.5, 0.6) is 0 Å². The number of anilines is 1. The molecule has 6 heteroatoms. The van der Waals surface area contributed by atoms with E-state index in [2.05, 4.69) is 9.71 Å². The fourth-order valence-electron chi connectivity index (χ4n) is 1.06. The normalized spacial score (nSPS) is 12.8. The molecule has 0 fully saturated rings. The third-order valence-corrected chi connectivity index (χ3v) is 3.08. The van der Waals surface area contributed by atoms with Crippen molar-refractivity contribution in [2.75, 3.05) is 4.72 Å². The van der Waals surface area contributed by atoms with Crippen LogP contribution < -0.4 is 4.72 Å². The van der Waals surface area contributed by atoms with E-state index in [-0.39, 0.29) is 10.9 Å². The van der Waals surface area contributed by atoms with E-state index in [1.807, 2.05) is 0 Å². The van der Waals surface area contributed by atoms with E-state index in [0.29, 0.717) is 5.69 Å². The molecule has 0 bridgehead atoms. The third-order valence-electron chi connectivity index (χ3n) is 1.80. The molecule has 1 unspecified atom stereocenters. The van der Waals surface area contributed by atoms with E-state index in [1.165, 1.54) is 0 Å². The highest BCUT2D eigenvalue weighted by atomic mass is 32.2. The van der Waals surface area contributed by atoms with Gasteiger partial charge in [0.25, 0.3) is 0 Å². The molecular formula is C9H14N2O3S. The molecule has 0 radical (unpaired) electrons. The van der Waals surface area contributed by atoms with Crippen molar-refractivity contribution in [1.29, 1.82) is 0 Å². The van der Waals surface area contributed by atoms with Crippen molar-refractivity contribution in [3.05, 3.63) is 17.5 Å². The molecule has 84 valence electrons. The maximum absolute atomic E-state index is 11.5. The second-order valence-electron chi connectivity index (χ2n) is 3.49. The quantitative estimate of drug-likeness (QED) is 0.733. The van der Waals surface area contributed by atoms with Crippen LogP contribution in [0.15, 0.2) is 6.07 Å². The molecule has 1 rings (SSSR count). The minimum atomic E-state index is -1.27. The summed E-state index contributed by atoms with van der Waals surface area (Å²) < 4.78 is 14.2. The number of hydrogen-bond donors (Lipinski definition) is 3. The van der Waals surface area contributed by atoms with Crippen molar-refractivity contribution < 1.29 is 14.1 Å². The maximum atomic E-state index is 11.5. The molecule has 0 aliphatic rings. The van der Waals surface area contributed by atoms with E-state index >= 15 is 0 Å². The van der Waals surface area contributed by atoms with E-state index < -0.39 is 17.0 Å². The SMILES string of the molecule is Cc1cc(NS(=O)C(C)C)c(C(=O)O)[nH]1. The molecule has 0 aromatic carbocycles. The Bertz CT molecular complexity index is 398. The number of carboxylic acid groups (broad SMARTS) is 1. The number of aromatic carboxylic acids is 1. The van der Waals surface area contributed by atoms with Gasteiger partial charge >= 0.3 is 5.97 Å². The van der Waals surface area contributed by atoms with Crippen molar-refractivity contribution in [3.63, 3.8) is 0 Å². The van der Waals surface area contributed by atoms with Crippen LogP contribution in [-0.2, 0) is 11.0 Å². The molecule has 0 saturated heterocycles. The Kier molecular flexibility index (Phi) is 3.52. The van der Waals surface area contributed by atoms with Crippen LogP contribution in [0.2, 0.25) is 0 Å². The van der Waals surface area contributed by atoms with Crippen LogP contribution in [-0.4, -0.2) is 25.5 Å². The van der Waals surface area contributed by atoms with Crippen LogP contribution in [0.1, 0.15) is 30.0 Å². The molecule has 5 nitrogen and oxygen atoms in total. The third kappa shape index (κ3) is 2.82. The Morgan fingerprint density at radius 1 is 1.60 bits per heavy atom. The van der Waals surface area contributed by atoms with Gasteiger partial charge in [0.15, 0.2) is 0 Å². The number of hydrogen-bond acceptors (Lipinski definition) is 2. The summed E-state index contributed by atoms with van der Waals surface area (Å²) in [5, 5.41) is 8.79. The molecule has 1 aromatic heterocycles. The Morgan fingerprint density at radius 2 is 2.20 bits per heavy atom. The van der Waals surface area contributed by atoms with E-state index in [4.69, 9.17) is 5.11 Å². The van der Waals surface area contributed by atoms with Crippen LogP contribution in [0.4, 0.5) is 5.69 Å². The molecule has 0 amide bonds. The number of carboxylic acids is 1. The zero-order valence-corrected chi connectivity index (χ0v) is 9.64. The van der Waals surface area contributed by atoms with Crippen molar-refractivity contribution in [2.45, 2.75) is 26.0 Å². The molecule has 1 heterocycles. The number of rotatable bonds is 4. The summed E-state index contributed by atoms with van der Waals surface area (Å²) >= 11 is 0. The molecule has 3 N–H and O–H groups in total. The first-order valence-corrected chi connectivity index (χ1v) is 5.73. The van der Waals surface area contributed by atoms with Gasteiger partial charge in [0.05, 0.1) is 5.69 Å². The smallest absolute Gasteiger partial charge is 0.354 e. The second-order valence-corrected chi connectivity index (χ2v) is 5.24. The first-order chi connectivity index (χ1) is 6.91. The van der Waals surface area contributed by atoms with Crippen LogP contribution in [0, 0.1) is 6.92 Å². The average molecular weight is 230 g/mol. The van der Waals surface area contributed by atoms with Gasteiger partial charge in [-0.25, -0.2) is 9.00 Å². The van der Waals surface area contributed by atoms with Gasteiger partial charge in [0.2, 0.25) is 0 Å². The van der Waals surface area contributed by atoms with Gasteiger partial charge in [-0.2, -0.15) is 0 Å². The minimum absolute atomic E-state index is 0.0431. The van der Waals surface area contributed by atoms with E-state index in [0.717, 1.165) is 5.69 Å². The van der Waals surface area contributed by atoms with Gasteiger partial charge in [-0.15, -0.1) is 0 Å². The predicted molar refractivity (Wildman–Crippen MR) is 59.4 cm³/mol. The lowest BCUT2D eigenvalue weighted by atomic mass is 10.4. The maximum Gasteiger partial charge on any atom is 0.354 e. The monoisotopic (exact) mass is 230 g/mol. The summed E-state index contributed by atoms with van der Waals surface area (Å²) in [4.78, 5) is 13.5. The predicted octanol–water partition coefficient (Wildman–Crippen LogP) is 1.51.